The Labute approximate surface area is 189 Å². The first-order valence-corrected chi connectivity index (χ1v) is 11.4. The van der Waals surface area contributed by atoms with E-state index in [0.717, 1.165) is 0 Å². The Morgan fingerprint density at radius 2 is 1.88 bits per heavy atom. The van der Waals surface area contributed by atoms with Gasteiger partial charge in [-0.2, -0.15) is 0 Å². The Kier molecular flexibility index (Phi) is 6.91. The van der Waals surface area contributed by atoms with E-state index >= 15 is 0 Å². The van der Waals surface area contributed by atoms with Crippen molar-refractivity contribution in [3.8, 4) is 11.5 Å². The standard InChI is InChI=1S/C22H25N3O6S/c1-2-29-22(28)15-7-12-32-20(15)23-19(26)13-24-8-10-25(11-9-24)21(27)18-14-30-16-5-3-4-6-17(16)31-18/h3-7,12,18H,2,8-11,13-14H2,1H3,(H,23,26). The van der Waals surface area contributed by atoms with Gasteiger partial charge in [0.05, 0.1) is 18.7 Å². The van der Waals surface area contributed by atoms with Crippen molar-refractivity contribution in [3.63, 3.8) is 0 Å². The van der Waals surface area contributed by atoms with E-state index in [-0.39, 0.29) is 31.6 Å². The van der Waals surface area contributed by atoms with Gasteiger partial charge in [-0.25, -0.2) is 4.79 Å². The van der Waals surface area contributed by atoms with Crippen molar-refractivity contribution in [2.75, 3.05) is 51.3 Å². The van der Waals surface area contributed by atoms with Crippen molar-refractivity contribution in [3.05, 3.63) is 41.3 Å². The molecule has 32 heavy (non-hydrogen) atoms. The van der Waals surface area contributed by atoms with Gasteiger partial charge in [0.25, 0.3) is 5.91 Å². The number of amides is 2. The highest BCUT2D eigenvalue weighted by Crippen LogP contribution is 2.31. The number of hydrogen-bond acceptors (Lipinski definition) is 8. The molecular weight excluding hydrogens is 434 g/mol. The number of rotatable bonds is 6. The molecule has 2 aromatic rings. The van der Waals surface area contributed by atoms with Gasteiger partial charge in [0, 0.05) is 26.2 Å². The molecule has 1 fully saturated rings. The van der Waals surface area contributed by atoms with E-state index in [2.05, 4.69) is 5.32 Å². The first-order chi connectivity index (χ1) is 15.5. The van der Waals surface area contributed by atoms with Crippen LogP contribution >= 0.6 is 11.3 Å². The van der Waals surface area contributed by atoms with Gasteiger partial charge in [-0.15, -0.1) is 11.3 Å². The molecule has 9 nitrogen and oxygen atoms in total. The highest BCUT2D eigenvalue weighted by Gasteiger charge is 2.33. The molecule has 0 spiro atoms. The number of ether oxygens (including phenoxy) is 3. The van der Waals surface area contributed by atoms with E-state index < -0.39 is 12.1 Å². The zero-order valence-electron chi connectivity index (χ0n) is 17.7. The summed E-state index contributed by atoms with van der Waals surface area (Å²) in [6.45, 7) is 4.51. The van der Waals surface area contributed by atoms with Gasteiger partial charge < -0.3 is 24.4 Å². The summed E-state index contributed by atoms with van der Waals surface area (Å²) in [4.78, 5) is 41.0. The van der Waals surface area contributed by atoms with Crippen LogP contribution in [-0.4, -0.2) is 79.6 Å². The van der Waals surface area contributed by atoms with Crippen LogP contribution in [0.2, 0.25) is 0 Å². The zero-order chi connectivity index (χ0) is 22.5. The number of esters is 1. The summed E-state index contributed by atoms with van der Waals surface area (Å²) in [6.07, 6.45) is -0.667. The van der Waals surface area contributed by atoms with Gasteiger partial charge >= 0.3 is 5.97 Å². The average molecular weight is 460 g/mol. The van der Waals surface area contributed by atoms with E-state index in [9.17, 15) is 14.4 Å². The van der Waals surface area contributed by atoms with Crippen molar-refractivity contribution in [2.24, 2.45) is 0 Å². The Balaban J connectivity index is 1.25. The Morgan fingerprint density at radius 3 is 2.62 bits per heavy atom. The number of nitrogens with one attached hydrogen (secondary N) is 1. The van der Waals surface area contributed by atoms with Gasteiger partial charge in [-0.3, -0.25) is 14.5 Å². The number of fused-ring (bicyclic) bond motifs is 1. The third-order valence-corrected chi connectivity index (χ3v) is 6.08. The van der Waals surface area contributed by atoms with Gasteiger partial charge in [-0.05, 0) is 30.5 Å². The molecular formula is C22H25N3O6S. The minimum Gasteiger partial charge on any atom is -0.485 e. The summed E-state index contributed by atoms with van der Waals surface area (Å²) in [5.41, 5.74) is 0.358. The normalized spacial score (nSPS) is 18.2. The number of anilines is 1. The molecule has 1 saturated heterocycles. The minimum absolute atomic E-state index is 0.110. The largest absolute Gasteiger partial charge is 0.485 e. The number of piperazine rings is 1. The second-order valence-electron chi connectivity index (χ2n) is 7.40. The number of nitrogens with zero attached hydrogens (tertiary/aromatic N) is 2. The van der Waals surface area contributed by atoms with Crippen LogP contribution in [0.5, 0.6) is 11.5 Å². The Morgan fingerprint density at radius 1 is 1.12 bits per heavy atom. The summed E-state index contributed by atoms with van der Waals surface area (Å²) in [7, 11) is 0. The molecule has 1 N–H and O–H groups in total. The van der Waals surface area contributed by atoms with Crippen molar-refractivity contribution in [1.82, 2.24) is 9.80 Å². The number of benzene rings is 1. The first kappa shape index (κ1) is 22.1. The molecule has 0 aliphatic carbocycles. The van der Waals surface area contributed by atoms with Crippen LogP contribution in [0.25, 0.3) is 0 Å². The molecule has 10 heteroatoms. The maximum absolute atomic E-state index is 12.8. The van der Waals surface area contributed by atoms with E-state index in [1.54, 1.807) is 29.3 Å². The summed E-state index contributed by atoms with van der Waals surface area (Å²) >= 11 is 1.28. The lowest BCUT2D eigenvalue weighted by Crippen LogP contribution is -2.54. The SMILES string of the molecule is CCOC(=O)c1ccsc1NC(=O)CN1CCN(C(=O)C2COc3ccccc3O2)CC1. The molecule has 0 saturated carbocycles. The highest BCUT2D eigenvalue weighted by atomic mass is 32.1. The molecule has 4 rings (SSSR count). The third-order valence-electron chi connectivity index (χ3n) is 5.25. The third kappa shape index (κ3) is 5.03. The van der Waals surface area contributed by atoms with Crippen molar-refractivity contribution in [1.29, 1.82) is 0 Å². The number of carbonyl (C=O) groups is 3. The van der Waals surface area contributed by atoms with E-state index in [1.807, 2.05) is 23.1 Å². The lowest BCUT2D eigenvalue weighted by molar-refractivity contribution is -0.143. The van der Waals surface area contributed by atoms with E-state index in [1.165, 1.54) is 11.3 Å². The highest BCUT2D eigenvalue weighted by molar-refractivity contribution is 7.14. The summed E-state index contributed by atoms with van der Waals surface area (Å²) in [5.74, 6) is 0.444. The van der Waals surface area contributed by atoms with E-state index in [4.69, 9.17) is 14.2 Å². The van der Waals surface area contributed by atoms with Gasteiger partial charge in [0.2, 0.25) is 12.0 Å². The van der Waals surface area contributed by atoms with Crippen LogP contribution in [0, 0.1) is 0 Å². The molecule has 3 heterocycles. The fourth-order valence-corrected chi connectivity index (χ4v) is 4.41. The van der Waals surface area contributed by atoms with Crippen LogP contribution in [0.3, 0.4) is 0 Å². The van der Waals surface area contributed by atoms with Crippen LogP contribution in [0.1, 0.15) is 17.3 Å². The molecule has 1 aromatic heterocycles. The fourth-order valence-electron chi connectivity index (χ4n) is 3.62. The number of carbonyl (C=O) groups excluding carboxylic acids is 3. The number of thiophene rings is 1. The lowest BCUT2D eigenvalue weighted by atomic mass is 10.2. The average Bonchev–Trinajstić information content (AvgIpc) is 3.27. The molecule has 1 atom stereocenters. The number of para-hydroxylation sites is 2. The quantitative estimate of drug-likeness (QED) is 0.659. The molecule has 0 bridgehead atoms. The van der Waals surface area contributed by atoms with Crippen molar-refractivity contribution < 1.29 is 28.6 Å². The maximum atomic E-state index is 12.8. The Bertz CT molecular complexity index is 986. The first-order valence-electron chi connectivity index (χ1n) is 10.5. The predicted molar refractivity (Wildman–Crippen MR) is 118 cm³/mol. The lowest BCUT2D eigenvalue weighted by Gasteiger charge is -2.36. The van der Waals surface area contributed by atoms with Crippen molar-refractivity contribution >= 4 is 34.1 Å². The van der Waals surface area contributed by atoms with Gasteiger partial charge in [-0.1, -0.05) is 12.1 Å². The summed E-state index contributed by atoms with van der Waals surface area (Å²) in [6, 6.07) is 8.93. The summed E-state index contributed by atoms with van der Waals surface area (Å²) < 4.78 is 16.5. The molecule has 170 valence electrons. The minimum atomic E-state index is -0.667. The van der Waals surface area contributed by atoms with Crippen molar-refractivity contribution in [2.45, 2.75) is 13.0 Å². The molecule has 2 amide bonds. The Hall–Kier alpha value is -3.11. The van der Waals surface area contributed by atoms with Crippen LogP contribution in [0.4, 0.5) is 5.00 Å². The van der Waals surface area contributed by atoms with Crippen LogP contribution in [0.15, 0.2) is 35.7 Å². The topological polar surface area (TPSA) is 97.4 Å². The molecule has 1 aromatic carbocycles. The second-order valence-corrected chi connectivity index (χ2v) is 8.31. The molecule has 1 unspecified atom stereocenters. The maximum Gasteiger partial charge on any atom is 0.341 e. The zero-order valence-corrected chi connectivity index (χ0v) is 18.6. The predicted octanol–water partition coefficient (Wildman–Crippen LogP) is 1.85. The molecule has 2 aliphatic rings. The number of hydrogen-bond donors (Lipinski definition) is 1. The monoisotopic (exact) mass is 459 g/mol. The molecule has 2 aliphatic heterocycles. The van der Waals surface area contributed by atoms with Crippen LogP contribution in [-0.2, 0) is 14.3 Å². The van der Waals surface area contributed by atoms with E-state index in [0.29, 0.717) is 48.2 Å². The smallest absolute Gasteiger partial charge is 0.341 e. The van der Waals surface area contributed by atoms with Crippen LogP contribution < -0.4 is 14.8 Å². The fraction of sp³-hybridized carbons (Fsp3) is 0.409. The second kappa shape index (κ2) is 10.0. The summed E-state index contributed by atoms with van der Waals surface area (Å²) in [5, 5.41) is 5.01. The molecule has 0 radical (unpaired) electrons. The van der Waals surface area contributed by atoms with Gasteiger partial charge in [0.15, 0.2) is 11.5 Å². The van der Waals surface area contributed by atoms with Gasteiger partial charge in [0.1, 0.15) is 11.6 Å².